The smallest absolute Gasteiger partial charge is 0.264 e. The lowest BCUT2D eigenvalue weighted by Crippen LogP contribution is -2.46. The van der Waals surface area contributed by atoms with Crippen molar-refractivity contribution in [2.24, 2.45) is 0 Å². The summed E-state index contributed by atoms with van der Waals surface area (Å²) >= 11 is 0. The third-order valence-corrected chi connectivity index (χ3v) is 5.97. The molecule has 5 heterocycles. The van der Waals surface area contributed by atoms with Crippen LogP contribution in [0, 0.1) is 0 Å². The van der Waals surface area contributed by atoms with Crippen molar-refractivity contribution >= 4 is 17.6 Å². The van der Waals surface area contributed by atoms with Gasteiger partial charge in [0.05, 0.1) is 44.2 Å². The SMILES string of the molecule is Nc1cc(C(F)F)c(-c2cc(N3C4CCC3COC4)nc(N3CCOCC3)n2)cn1. The van der Waals surface area contributed by atoms with Crippen molar-refractivity contribution in [3.63, 3.8) is 0 Å². The van der Waals surface area contributed by atoms with Crippen LogP contribution in [0.2, 0.25) is 0 Å². The minimum atomic E-state index is -2.69. The quantitative estimate of drug-likeness (QED) is 0.809. The van der Waals surface area contributed by atoms with E-state index >= 15 is 0 Å². The van der Waals surface area contributed by atoms with Crippen molar-refractivity contribution in [3.8, 4) is 11.3 Å². The second-order valence-electron chi connectivity index (χ2n) is 7.84. The van der Waals surface area contributed by atoms with Crippen LogP contribution in [0.25, 0.3) is 11.3 Å². The Morgan fingerprint density at radius 2 is 1.77 bits per heavy atom. The van der Waals surface area contributed by atoms with Crippen LogP contribution in [0.1, 0.15) is 24.8 Å². The summed E-state index contributed by atoms with van der Waals surface area (Å²) < 4.78 is 38.7. The molecule has 2 aromatic heterocycles. The van der Waals surface area contributed by atoms with Crippen LogP contribution in [-0.4, -0.2) is 66.6 Å². The molecule has 0 radical (unpaired) electrons. The van der Waals surface area contributed by atoms with Crippen LogP contribution in [0.5, 0.6) is 0 Å². The molecule has 3 aliphatic rings. The number of anilines is 3. The predicted molar refractivity (Wildman–Crippen MR) is 108 cm³/mol. The number of morpholine rings is 2. The summed E-state index contributed by atoms with van der Waals surface area (Å²) in [7, 11) is 0. The van der Waals surface area contributed by atoms with E-state index in [1.165, 1.54) is 12.3 Å². The molecule has 8 nitrogen and oxygen atoms in total. The van der Waals surface area contributed by atoms with Gasteiger partial charge in [0.25, 0.3) is 6.43 Å². The monoisotopic (exact) mass is 418 g/mol. The molecule has 2 unspecified atom stereocenters. The molecule has 2 N–H and O–H groups in total. The van der Waals surface area contributed by atoms with E-state index in [2.05, 4.69) is 14.9 Å². The highest BCUT2D eigenvalue weighted by molar-refractivity contribution is 5.69. The molecule has 3 aliphatic heterocycles. The molecule has 0 aliphatic carbocycles. The third-order valence-electron chi connectivity index (χ3n) is 5.97. The van der Waals surface area contributed by atoms with Crippen molar-refractivity contribution in [1.29, 1.82) is 0 Å². The van der Waals surface area contributed by atoms with E-state index in [9.17, 15) is 8.78 Å². The molecule has 10 heteroatoms. The van der Waals surface area contributed by atoms with E-state index in [-0.39, 0.29) is 29.0 Å². The molecule has 30 heavy (non-hydrogen) atoms. The number of fused-ring (bicyclic) bond motifs is 2. The number of nitrogen functional groups attached to an aromatic ring is 1. The standard InChI is InChI=1S/C20H24F2N6O2/c21-19(22)14-7-17(23)24-9-15(14)16-8-18(28-12-1-2-13(28)11-30-10-12)26-20(25-16)27-3-5-29-6-4-27/h7-9,12-13,19H,1-6,10-11H2,(H2,23,24). The summed E-state index contributed by atoms with van der Waals surface area (Å²) in [6, 6.07) is 3.49. The zero-order valence-corrected chi connectivity index (χ0v) is 16.5. The van der Waals surface area contributed by atoms with E-state index in [0.29, 0.717) is 51.2 Å². The van der Waals surface area contributed by atoms with Crippen LogP contribution in [0.15, 0.2) is 18.3 Å². The van der Waals surface area contributed by atoms with Crippen LogP contribution in [0.3, 0.4) is 0 Å². The Kier molecular flexibility index (Phi) is 5.11. The number of nitrogens with two attached hydrogens (primary N) is 1. The minimum Gasteiger partial charge on any atom is -0.384 e. The van der Waals surface area contributed by atoms with Gasteiger partial charge in [-0.15, -0.1) is 0 Å². The van der Waals surface area contributed by atoms with Crippen molar-refractivity contribution in [2.75, 3.05) is 55.1 Å². The van der Waals surface area contributed by atoms with Crippen molar-refractivity contribution in [2.45, 2.75) is 31.4 Å². The molecule has 0 amide bonds. The number of pyridine rings is 1. The van der Waals surface area contributed by atoms with Crippen molar-refractivity contribution < 1.29 is 18.3 Å². The molecule has 0 aromatic carbocycles. The van der Waals surface area contributed by atoms with E-state index in [1.54, 1.807) is 6.07 Å². The topological polar surface area (TPSA) is 89.6 Å². The zero-order chi connectivity index (χ0) is 20.7. The summed E-state index contributed by atoms with van der Waals surface area (Å²) in [4.78, 5) is 17.8. The fourth-order valence-corrected chi connectivity index (χ4v) is 4.48. The lowest BCUT2D eigenvalue weighted by Gasteiger charge is -2.36. The summed E-state index contributed by atoms with van der Waals surface area (Å²) in [5, 5.41) is 0. The van der Waals surface area contributed by atoms with Gasteiger partial charge in [0.2, 0.25) is 5.95 Å². The van der Waals surface area contributed by atoms with Crippen LogP contribution in [0.4, 0.5) is 26.4 Å². The van der Waals surface area contributed by atoms with Crippen LogP contribution in [-0.2, 0) is 9.47 Å². The Morgan fingerprint density at radius 1 is 1.03 bits per heavy atom. The molecule has 3 saturated heterocycles. The lowest BCUT2D eigenvalue weighted by atomic mass is 10.1. The summed E-state index contributed by atoms with van der Waals surface area (Å²) in [5.74, 6) is 1.33. The average molecular weight is 418 g/mol. The van der Waals surface area contributed by atoms with Gasteiger partial charge in [0.1, 0.15) is 11.6 Å². The van der Waals surface area contributed by atoms with Gasteiger partial charge in [-0.1, -0.05) is 0 Å². The maximum atomic E-state index is 13.8. The van der Waals surface area contributed by atoms with Gasteiger partial charge in [-0.2, -0.15) is 4.98 Å². The summed E-state index contributed by atoms with van der Waals surface area (Å²) in [6.45, 7) is 3.76. The zero-order valence-electron chi connectivity index (χ0n) is 16.5. The second kappa shape index (κ2) is 7.92. The average Bonchev–Trinajstić information content (AvgIpc) is 3.02. The molecule has 2 bridgehead atoms. The Morgan fingerprint density at radius 3 is 2.47 bits per heavy atom. The minimum absolute atomic E-state index is 0.0583. The number of nitrogens with zero attached hydrogens (tertiary/aromatic N) is 5. The first-order valence-corrected chi connectivity index (χ1v) is 10.2. The van der Waals surface area contributed by atoms with Gasteiger partial charge in [-0.05, 0) is 18.9 Å². The molecule has 160 valence electrons. The molecule has 0 saturated carbocycles. The number of hydrogen-bond acceptors (Lipinski definition) is 8. The highest BCUT2D eigenvalue weighted by atomic mass is 19.3. The summed E-state index contributed by atoms with van der Waals surface area (Å²) in [6.07, 6.45) is 0.751. The van der Waals surface area contributed by atoms with Crippen LogP contribution < -0.4 is 15.5 Å². The van der Waals surface area contributed by atoms with Gasteiger partial charge >= 0.3 is 0 Å². The number of aromatic nitrogens is 3. The Bertz CT molecular complexity index is 908. The van der Waals surface area contributed by atoms with Crippen molar-refractivity contribution in [1.82, 2.24) is 15.0 Å². The van der Waals surface area contributed by atoms with Gasteiger partial charge in [0, 0.05) is 36.5 Å². The first-order chi connectivity index (χ1) is 14.6. The molecule has 3 fully saturated rings. The Labute approximate surface area is 173 Å². The first-order valence-electron chi connectivity index (χ1n) is 10.2. The van der Waals surface area contributed by atoms with E-state index in [0.717, 1.165) is 18.7 Å². The normalized spacial score (nSPS) is 24.0. The van der Waals surface area contributed by atoms with E-state index in [4.69, 9.17) is 20.2 Å². The molecular weight excluding hydrogens is 394 g/mol. The van der Waals surface area contributed by atoms with Crippen LogP contribution >= 0.6 is 0 Å². The molecule has 5 rings (SSSR count). The maximum absolute atomic E-state index is 13.8. The second-order valence-corrected chi connectivity index (χ2v) is 7.84. The highest BCUT2D eigenvalue weighted by Crippen LogP contribution is 2.37. The van der Waals surface area contributed by atoms with E-state index < -0.39 is 6.43 Å². The Balaban J connectivity index is 1.62. The molecular formula is C20H24F2N6O2. The number of ether oxygens (including phenoxy) is 2. The largest absolute Gasteiger partial charge is 0.384 e. The third kappa shape index (κ3) is 3.54. The molecule has 2 atom stereocenters. The first kappa shape index (κ1) is 19.4. The maximum Gasteiger partial charge on any atom is 0.264 e. The van der Waals surface area contributed by atoms with Gasteiger partial charge in [-0.3, -0.25) is 0 Å². The number of alkyl halides is 2. The summed E-state index contributed by atoms with van der Waals surface area (Å²) in [5.41, 5.74) is 6.19. The number of halogens is 2. The Hall–Kier alpha value is -2.59. The highest BCUT2D eigenvalue weighted by Gasteiger charge is 2.39. The van der Waals surface area contributed by atoms with Gasteiger partial charge < -0.3 is 25.0 Å². The number of rotatable bonds is 4. The van der Waals surface area contributed by atoms with Crippen molar-refractivity contribution in [3.05, 3.63) is 23.9 Å². The lowest BCUT2D eigenvalue weighted by molar-refractivity contribution is 0.0902. The van der Waals surface area contributed by atoms with Gasteiger partial charge in [-0.25, -0.2) is 18.7 Å². The predicted octanol–water partition coefficient (Wildman–Crippen LogP) is 2.26. The number of hydrogen-bond donors (Lipinski definition) is 1. The fraction of sp³-hybridized carbons (Fsp3) is 0.550. The molecule has 0 spiro atoms. The van der Waals surface area contributed by atoms with Gasteiger partial charge in [0.15, 0.2) is 0 Å². The van der Waals surface area contributed by atoms with E-state index in [1.807, 2.05) is 4.90 Å². The molecule has 2 aromatic rings. The fourth-order valence-electron chi connectivity index (χ4n) is 4.48.